The molecule has 0 unspecified atom stereocenters. The van der Waals surface area contributed by atoms with Gasteiger partial charge in [0.25, 0.3) is 11.8 Å². The van der Waals surface area contributed by atoms with E-state index in [0.29, 0.717) is 24.8 Å². The molecule has 9 atom stereocenters. The van der Waals surface area contributed by atoms with Gasteiger partial charge in [-0.3, -0.25) is 19.4 Å². The molecule has 0 bridgehead atoms. The second kappa shape index (κ2) is 19.2. The highest BCUT2D eigenvalue weighted by molar-refractivity contribution is 5.91. The van der Waals surface area contributed by atoms with E-state index in [1.807, 2.05) is 6.92 Å². The number of hydrogen-bond donors (Lipinski definition) is 6. The highest BCUT2D eigenvalue weighted by Crippen LogP contribution is 2.51. The number of amides is 2. The van der Waals surface area contributed by atoms with Gasteiger partial charge in [0, 0.05) is 44.9 Å². The summed E-state index contributed by atoms with van der Waals surface area (Å²) in [6, 6.07) is -1.12. The van der Waals surface area contributed by atoms with Crippen LogP contribution in [0.2, 0.25) is 0 Å². The van der Waals surface area contributed by atoms with E-state index in [0.717, 1.165) is 6.08 Å². The number of nitrogens with two attached hydrogens (primary N) is 2. The molecule has 16 nitrogen and oxygen atoms in total. The number of nitrogens with one attached hydrogen (secondary N) is 2. The summed E-state index contributed by atoms with van der Waals surface area (Å²) < 4.78 is 60.3. The maximum Gasteiger partial charge on any atom is 0.326 e. The van der Waals surface area contributed by atoms with Gasteiger partial charge in [-0.15, -0.1) is 0 Å². The fourth-order valence-corrected chi connectivity index (χ4v) is 6.46. The van der Waals surface area contributed by atoms with Gasteiger partial charge in [0.2, 0.25) is 11.7 Å². The van der Waals surface area contributed by atoms with E-state index in [9.17, 15) is 29.4 Å². The molecular weight excluding hydrogens is 716 g/mol. The number of guanidine groups is 1. The number of hydrogen-bond acceptors (Lipinski definition) is 11. The number of carboxylic acids is 1. The molecule has 0 spiro atoms. The fraction of sp³-hybridized carbons (Fsp3) is 0.694. The van der Waals surface area contributed by atoms with Crippen molar-refractivity contribution in [2.24, 2.45) is 27.8 Å². The SMILES string of the molecule is C=C1C[C@](OC)([C@H](O)C(=O)N[C@H]2OCO[C@H]3[C@@H]2O[C@H](CC(=O)CCC/C=C/C=C/C(=O)N[C@@H](CCCN=C(N)N)C(=O)O)C(C)(C)C3(F)F)O[C@H](C)[C@@H]1C. The standard InChI is InChI=1S/C36H55F2N5O11/c1-20-18-35(50-6,54-22(3)21(20)2)28(46)30(47)43-31-27-29(51-19-52-31)36(37,38)34(4,5)25(53-27)17-23(44)13-10-8-7-9-11-15-26(45)42-24(32(48)49)14-12-16-41-33(39)40/h7,9,11,15,21-22,24-25,27-29,31,46H,1,8,10,12-14,16-19H2,2-6H3,(H,42,45)(H,43,47)(H,48,49)(H4,39,40,41)/b9-7+,15-11+/t21-,22-,24+,25-,27+,28-,29+,31+,35-/m1/s1. The number of Topliss-reactive ketones (excluding diaryl/α,β-unsaturated/α-hetero) is 1. The van der Waals surface area contributed by atoms with Gasteiger partial charge in [0.05, 0.1) is 17.6 Å². The van der Waals surface area contributed by atoms with Gasteiger partial charge in [-0.05, 0) is 32.6 Å². The third kappa shape index (κ3) is 10.9. The Morgan fingerprint density at radius 2 is 1.85 bits per heavy atom. The Hall–Kier alpha value is -3.81. The summed E-state index contributed by atoms with van der Waals surface area (Å²) in [5, 5.41) is 25.3. The van der Waals surface area contributed by atoms with Crippen LogP contribution >= 0.6 is 0 Å². The molecule has 3 fully saturated rings. The molecule has 8 N–H and O–H groups in total. The van der Waals surface area contributed by atoms with Crippen molar-refractivity contribution in [2.75, 3.05) is 20.4 Å². The summed E-state index contributed by atoms with van der Waals surface area (Å²) in [6.45, 7) is 9.86. The molecule has 2 amide bonds. The first-order valence-electron chi connectivity index (χ1n) is 17.9. The number of ether oxygens (including phenoxy) is 5. The first-order chi connectivity index (χ1) is 25.3. The van der Waals surface area contributed by atoms with Crippen molar-refractivity contribution >= 4 is 29.5 Å². The first-order valence-corrected chi connectivity index (χ1v) is 17.9. The zero-order chi connectivity index (χ0) is 40.4. The molecule has 3 aliphatic rings. The number of aliphatic hydroxyl groups is 1. The van der Waals surface area contributed by atoms with Crippen molar-refractivity contribution in [1.29, 1.82) is 0 Å². The van der Waals surface area contributed by atoms with E-state index >= 15 is 8.78 Å². The zero-order valence-corrected chi connectivity index (χ0v) is 31.4. The maximum absolute atomic E-state index is 16.0. The minimum absolute atomic E-state index is 0.0142. The molecular formula is C36H55F2N5O11. The minimum Gasteiger partial charge on any atom is -0.480 e. The number of unbranched alkanes of at least 4 members (excludes halogenated alkanes) is 1. The van der Waals surface area contributed by atoms with Gasteiger partial charge in [-0.25, -0.2) is 13.6 Å². The van der Waals surface area contributed by atoms with Crippen molar-refractivity contribution in [2.45, 2.75) is 127 Å². The second-order valence-corrected chi connectivity index (χ2v) is 14.4. The van der Waals surface area contributed by atoms with Crippen LogP contribution in [0.1, 0.15) is 72.6 Å². The van der Waals surface area contributed by atoms with Crippen LogP contribution in [0.25, 0.3) is 0 Å². The molecule has 18 heteroatoms. The number of fused-ring (bicyclic) bond motifs is 1. The van der Waals surface area contributed by atoms with E-state index in [1.54, 1.807) is 19.1 Å². The molecule has 304 valence electrons. The van der Waals surface area contributed by atoms with E-state index in [1.165, 1.54) is 27.0 Å². The van der Waals surface area contributed by atoms with E-state index < -0.39 is 84.5 Å². The third-order valence-corrected chi connectivity index (χ3v) is 10.2. The Balaban J connectivity index is 1.55. The molecule has 0 aromatic rings. The molecule has 0 aliphatic carbocycles. The lowest BCUT2D eigenvalue weighted by atomic mass is 9.71. The summed E-state index contributed by atoms with van der Waals surface area (Å²) in [6.07, 6.45) is -1.62. The number of allylic oxidation sites excluding steroid dienone is 3. The molecule has 3 saturated heterocycles. The van der Waals surface area contributed by atoms with Gasteiger partial charge >= 0.3 is 5.97 Å². The van der Waals surface area contributed by atoms with Crippen LogP contribution < -0.4 is 22.1 Å². The van der Waals surface area contributed by atoms with Crippen molar-refractivity contribution in [3.05, 3.63) is 36.5 Å². The first kappa shape index (κ1) is 44.6. The lowest BCUT2D eigenvalue weighted by Gasteiger charge is -2.54. The summed E-state index contributed by atoms with van der Waals surface area (Å²) in [7, 11) is 1.28. The number of carboxylic acid groups (broad SMARTS) is 1. The Kier molecular flexibility index (Phi) is 15.8. The lowest BCUT2D eigenvalue weighted by molar-refractivity contribution is -0.370. The Labute approximate surface area is 313 Å². The maximum atomic E-state index is 16.0. The van der Waals surface area contributed by atoms with E-state index in [2.05, 4.69) is 22.2 Å². The number of aliphatic imine (C=N–C) groups is 1. The van der Waals surface area contributed by atoms with E-state index in [-0.39, 0.29) is 49.9 Å². The van der Waals surface area contributed by atoms with Crippen LogP contribution in [-0.2, 0) is 42.9 Å². The van der Waals surface area contributed by atoms with Crippen LogP contribution in [0.4, 0.5) is 8.78 Å². The fourth-order valence-electron chi connectivity index (χ4n) is 6.46. The van der Waals surface area contributed by atoms with Gasteiger partial charge in [-0.1, -0.05) is 51.2 Å². The number of carbonyl (C=O) groups is 4. The van der Waals surface area contributed by atoms with Crippen molar-refractivity contribution in [3.63, 3.8) is 0 Å². The summed E-state index contributed by atoms with van der Waals surface area (Å²) in [4.78, 5) is 53.7. The van der Waals surface area contributed by atoms with Gasteiger partial charge in [0.15, 0.2) is 24.4 Å². The number of nitrogens with zero attached hydrogens (tertiary/aromatic N) is 1. The van der Waals surface area contributed by atoms with Gasteiger partial charge < -0.3 is 56.0 Å². The van der Waals surface area contributed by atoms with Gasteiger partial charge in [0.1, 0.15) is 24.7 Å². The number of aliphatic carboxylic acids is 1. The zero-order valence-electron chi connectivity index (χ0n) is 31.4. The van der Waals surface area contributed by atoms with Crippen LogP contribution in [0.3, 0.4) is 0 Å². The van der Waals surface area contributed by atoms with Crippen molar-refractivity contribution in [3.8, 4) is 0 Å². The molecule has 0 radical (unpaired) electrons. The average molecular weight is 772 g/mol. The number of carbonyl (C=O) groups excluding carboxylic acids is 3. The van der Waals surface area contributed by atoms with E-state index in [4.69, 9.17) is 35.2 Å². The van der Waals surface area contributed by atoms with Crippen LogP contribution in [0.15, 0.2) is 41.4 Å². The topological polar surface area (TPSA) is 243 Å². The molecule has 3 aliphatic heterocycles. The molecule has 0 aromatic carbocycles. The predicted molar refractivity (Wildman–Crippen MR) is 191 cm³/mol. The van der Waals surface area contributed by atoms with Gasteiger partial charge in [-0.2, -0.15) is 0 Å². The van der Waals surface area contributed by atoms with Crippen molar-refractivity contribution in [1.82, 2.24) is 10.6 Å². The number of alkyl halides is 2. The average Bonchev–Trinajstić information content (AvgIpc) is 3.10. The predicted octanol–water partition coefficient (Wildman–Crippen LogP) is 1.80. The number of ketones is 1. The highest BCUT2D eigenvalue weighted by Gasteiger charge is 2.67. The second-order valence-electron chi connectivity index (χ2n) is 14.4. The number of methoxy groups -OCH3 is 1. The molecule has 0 aromatic heterocycles. The number of halogens is 2. The lowest BCUT2D eigenvalue weighted by Crippen LogP contribution is -2.71. The normalized spacial score (nSPS) is 30.3. The molecule has 0 saturated carbocycles. The number of aliphatic hydroxyl groups excluding tert-OH is 1. The smallest absolute Gasteiger partial charge is 0.326 e. The third-order valence-electron chi connectivity index (χ3n) is 10.2. The minimum atomic E-state index is -3.52. The quantitative estimate of drug-likeness (QED) is 0.0291. The molecule has 54 heavy (non-hydrogen) atoms. The Morgan fingerprint density at radius 1 is 1.15 bits per heavy atom. The number of rotatable bonds is 18. The van der Waals surface area contributed by atoms with Crippen LogP contribution in [0.5, 0.6) is 0 Å². The van der Waals surface area contributed by atoms with Crippen LogP contribution in [-0.4, -0.2) is 115 Å². The molecule has 3 rings (SSSR count). The van der Waals surface area contributed by atoms with Crippen LogP contribution in [0, 0.1) is 11.3 Å². The summed E-state index contributed by atoms with van der Waals surface area (Å²) in [5.41, 5.74) is 9.33. The Bertz CT molecular complexity index is 1450. The summed E-state index contributed by atoms with van der Waals surface area (Å²) in [5.74, 6) is -8.62. The molecule has 3 heterocycles. The highest BCUT2D eigenvalue weighted by atomic mass is 19.3. The summed E-state index contributed by atoms with van der Waals surface area (Å²) >= 11 is 0. The monoisotopic (exact) mass is 771 g/mol. The Morgan fingerprint density at radius 3 is 2.48 bits per heavy atom. The van der Waals surface area contributed by atoms with Crippen molar-refractivity contribution < 1.29 is 61.9 Å². The largest absolute Gasteiger partial charge is 0.480 e.